The van der Waals surface area contributed by atoms with Crippen molar-refractivity contribution in [3.8, 4) is 0 Å². The fraction of sp³-hybridized carbons (Fsp3) is 0.769. The molecule has 13 heteroatoms. The average molecular weight is 592 g/mol. The van der Waals surface area contributed by atoms with Crippen molar-refractivity contribution in [2.24, 2.45) is 11.7 Å². The normalized spacial score (nSPS) is 19.2. The maximum atomic E-state index is 13.4. The lowest BCUT2D eigenvalue weighted by Gasteiger charge is -2.32. The van der Waals surface area contributed by atoms with Gasteiger partial charge in [0.25, 0.3) is 0 Å². The molecule has 2 aromatic rings. The molecule has 0 amide bonds. The van der Waals surface area contributed by atoms with Gasteiger partial charge in [0.2, 0.25) is 0 Å². The number of hydrogen-bond acceptors (Lipinski definition) is 7. The van der Waals surface area contributed by atoms with Gasteiger partial charge in [0.1, 0.15) is 23.3 Å². The highest BCUT2D eigenvalue weighted by atomic mass is 32.2. The first-order valence-corrected chi connectivity index (χ1v) is 18.3. The zero-order valence-corrected chi connectivity index (χ0v) is 26.1. The Balaban J connectivity index is 2.04. The summed E-state index contributed by atoms with van der Waals surface area (Å²) in [7, 11) is -1.35. The molecule has 2 aromatic heterocycles. The summed E-state index contributed by atoms with van der Waals surface area (Å²) in [4.78, 5) is 9.48. The van der Waals surface area contributed by atoms with Gasteiger partial charge in [-0.15, -0.1) is 4.72 Å². The van der Waals surface area contributed by atoms with Crippen LogP contribution in [0.3, 0.4) is 0 Å². The van der Waals surface area contributed by atoms with E-state index in [-0.39, 0.29) is 12.8 Å². The molecule has 3 N–H and O–H groups in total. The van der Waals surface area contributed by atoms with Crippen LogP contribution in [-0.2, 0) is 27.6 Å². The van der Waals surface area contributed by atoms with Crippen molar-refractivity contribution in [3.05, 3.63) is 23.7 Å². The fourth-order valence-electron chi connectivity index (χ4n) is 3.96. The molecule has 0 spiro atoms. The molecule has 39 heavy (non-hydrogen) atoms. The van der Waals surface area contributed by atoms with E-state index in [1.807, 2.05) is 12.1 Å². The van der Waals surface area contributed by atoms with Gasteiger partial charge in [0.05, 0.1) is 17.3 Å². The summed E-state index contributed by atoms with van der Waals surface area (Å²) < 4.78 is 69.0. The highest BCUT2D eigenvalue weighted by Gasteiger charge is 2.42. The molecular formula is C26H44F3N5O3SSi. The van der Waals surface area contributed by atoms with Gasteiger partial charge in [0, 0.05) is 32.1 Å². The zero-order valence-electron chi connectivity index (χ0n) is 24.3. The van der Waals surface area contributed by atoms with E-state index in [9.17, 15) is 17.7 Å². The summed E-state index contributed by atoms with van der Waals surface area (Å²) in [6.07, 6.45) is -5.48. The largest absolute Gasteiger partial charge is 0.598 e. The molecule has 0 saturated heterocycles. The van der Waals surface area contributed by atoms with E-state index in [1.54, 1.807) is 25.3 Å². The minimum atomic E-state index is -4.54. The van der Waals surface area contributed by atoms with Gasteiger partial charge in [-0.05, 0) is 71.6 Å². The Bertz CT molecular complexity index is 1100. The summed E-state index contributed by atoms with van der Waals surface area (Å²) in [5.74, 6) is 0.740. The third-order valence-corrected chi connectivity index (χ3v) is 10.1. The number of imidazole rings is 1. The topological polar surface area (TPSA) is 110 Å². The number of nitrogens with zero attached hydrogens (tertiary/aromatic N) is 3. The van der Waals surface area contributed by atoms with E-state index in [4.69, 9.17) is 25.2 Å². The number of pyridine rings is 1. The van der Waals surface area contributed by atoms with Crippen molar-refractivity contribution < 1.29 is 27.2 Å². The van der Waals surface area contributed by atoms with Crippen molar-refractivity contribution in [3.63, 3.8) is 0 Å². The SMILES string of the molecule is C[C@@H](O[C@H](C)C(F)(F)F)[C@H](N[S+]([O-])C(C)(C)C)c1nc2nc([C@H](N)C3CC3)ccc2n1COCC[Si](C)(C)C. The van der Waals surface area contributed by atoms with Crippen molar-refractivity contribution in [2.45, 2.75) is 115 Å². The predicted octanol–water partition coefficient (Wildman–Crippen LogP) is 5.60. The van der Waals surface area contributed by atoms with Crippen LogP contribution in [0.2, 0.25) is 25.7 Å². The number of nitrogens with two attached hydrogens (primary N) is 1. The van der Waals surface area contributed by atoms with Gasteiger partial charge in [0.15, 0.2) is 11.8 Å². The molecule has 222 valence electrons. The Labute approximate surface area is 233 Å². The smallest absolute Gasteiger partial charge is 0.414 e. The molecule has 0 aromatic carbocycles. The second kappa shape index (κ2) is 12.3. The zero-order chi connectivity index (χ0) is 29.3. The molecule has 0 bridgehead atoms. The quantitative estimate of drug-likeness (QED) is 0.177. The fourth-order valence-corrected chi connectivity index (χ4v) is 5.60. The van der Waals surface area contributed by atoms with E-state index in [1.165, 1.54) is 6.92 Å². The Hall–Kier alpha value is -1.22. The minimum absolute atomic E-state index is 0.119. The van der Waals surface area contributed by atoms with Crippen molar-refractivity contribution >= 4 is 30.6 Å². The summed E-state index contributed by atoms with van der Waals surface area (Å²) >= 11 is -1.62. The van der Waals surface area contributed by atoms with Crippen LogP contribution in [0.5, 0.6) is 0 Å². The van der Waals surface area contributed by atoms with E-state index in [2.05, 4.69) is 24.4 Å². The van der Waals surface area contributed by atoms with Crippen LogP contribution in [0, 0.1) is 5.92 Å². The van der Waals surface area contributed by atoms with Gasteiger partial charge >= 0.3 is 6.18 Å². The van der Waals surface area contributed by atoms with Crippen molar-refractivity contribution in [1.29, 1.82) is 0 Å². The number of ether oxygens (including phenoxy) is 2. The number of hydrogen-bond donors (Lipinski definition) is 2. The third-order valence-electron chi connectivity index (χ3n) is 6.77. The minimum Gasteiger partial charge on any atom is -0.598 e. The van der Waals surface area contributed by atoms with Crippen LogP contribution in [0.15, 0.2) is 12.1 Å². The van der Waals surface area contributed by atoms with E-state index in [0.717, 1.165) is 31.5 Å². The van der Waals surface area contributed by atoms with Crippen LogP contribution in [0.4, 0.5) is 13.2 Å². The Morgan fingerprint density at radius 1 is 1.18 bits per heavy atom. The molecule has 5 atom stereocenters. The number of halogens is 3. The number of aromatic nitrogens is 3. The monoisotopic (exact) mass is 591 g/mol. The van der Waals surface area contributed by atoms with Crippen LogP contribution in [0.25, 0.3) is 11.2 Å². The van der Waals surface area contributed by atoms with Crippen LogP contribution in [0.1, 0.15) is 71.1 Å². The molecule has 1 saturated carbocycles. The molecule has 1 aliphatic carbocycles. The first kappa shape index (κ1) is 32.3. The lowest BCUT2D eigenvalue weighted by atomic mass is 10.1. The van der Waals surface area contributed by atoms with Crippen LogP contribution in [-0.4, -0.2) is 56.9 Å². The lowest BCUT2D eigenvalue weighted by Crippen LogP contribution is -2.47. The molecule has 1 unspecified atom stereocenters. The van der Waals surface area contributed by atoms with Gasteiger partial charge in [-0.2, -0.15) is 13.2 Å². The van der Waals surface area contributed by atoms with Crippen molar-refractivity contribution in [2.75, 3.05) is 6.61 Å². The van der Waals surface area contributed by atoms with Gasteiger partial charge in [-0.25, -0.2) is 9.97 Å². The molecule has 2 heterocycles. The number of nitrogens with one attached hydrogen (secondary N) is 1. The Morgan fingerprint density at radius 3 is 2.36 bits per heavy atom. The maximum absolute atomic E-state index is 13.4. The second-order valence-corrected chi connectivity index (χ2v) is 20.3. The molecular weight excluding hydrogens is 547 g/mol. The van der Waals surface area contributed by atoms with Crippen molar-refractivity contribution in [1.82, 2.24) is 19.3 Å². The maximum Gasteiger partial charge on any atom is 0.414 e. The summed E-state index contributed by atoms with van der Waals surface area (Å²) in [5, 5.41) is 0. The predicted molar refractivity (Wildman–Crippen MR) is 151 cm³/mol. The van der Waals surface area contributed by atoms with Crippen LogP contribution < -0.4 is 10.5 Å². The molecule has 0 radical (unpaired) electrons. The molecule has 0 aliphatic heterocycles. The second-order valence-electron chi connectivity index (χ2n) is 12.7. The molecule has 1 fully saturated rings. The summed E-state index contributed by atoms with van der Waals surface area (Å²) in [6.45, 7) is 15.3. The van der Waals surface area contributed by atoms with E-state index >= 15 is 0 Å². The first-order chi connectivity index (χ1) is 17.9. The number of rotatable bonds is 13. The molecule has 3 rings (SSSR count). The molecule has 1 aliphatic rings. The Kier molecular flexibility index (Phi) is 10.2. The summed E-state index contributed by atoms with van der Waals surface area (Å²) in [5.41, 5.74) is 8.19. The lowest BCUT2D eigenvalue weighted by molar-refractivity contribution is -0.227. The number of alkyl halides is 3. The van der Waals surface area contributed by atoms with Gasteiger partial charge in [-0.1, -0.05) is 19.6 Å². The number of fused-ring (bicyclic) bond motifs is 1. The standard InChI is InChI=1S/C26H44F3N5O3SSi/c1-16(37-17(2)26(27,28)29)22(33-38(35)25(3,4)5)24-32-23-20(34(24)15-36-13-14-39(6,7)8)12-11-19(31-23)21(30)18-9-10-18/h11-12,16-18,21-22,33H,9-10,13-15,30H2,1-8H3/t16-,17-,21-,22+,38?/m1/s1. The van der Waals surface area contributed by atoms with Gasteiger partial charge < -0.3 is 24.3 Å². The first-order valence-electron chi connectivity index (χ1n) is 13.5. The van der Waals surface area contributed by atoms with Gasteiger partial charge in [-0.3, -0.25) is 0 Å². The van der Waals surface area contributed by atoms with E-state index < -0.39 is 48.6 Å². The third kappa shape index (κ3) is 8.88. The average Bonchev–Trinajstić information content (AvgIpc) is 3.59. The molecule has 8 nitrogen and oxygen atoms in total. The summed E-state index contributed by atoms with van der Waals surface area (Å²) in [6, 6.07) is 3.56. The highest BCUT2D eigenvalue weighted by Crippen LogP contribution is 2.39. The van der Waals surface area contributed by atoms with E-state index in [0.29, 0.717) is 29.5 Å². The Morgan fingerprint density at radius 2 is 1.82 bits per heavy atom. The highest BCUT2D eigenvalue weighted by molar-refractivity contribution is 7.90. The van der Waals surface area contributed by atoms with Crippen LogP contribution >= 0.6 is 0 Å².